The molecule has 0 aromatic heterocycles. The minimum absolute atomic E-state index is 0.433. The maximum Gasteiger partial charge on any atom is 0.416 e. The van der Waals surface area contributed by atoms with E-state index in [-0.39, 0.29) is 0 Å². The van der Waals surface area contributed by atoms with Gasteiger partial charge in [-0.1, -0.05) is 17.3 Å². The van der Waals surface area contributed by atoms with Crippen molar-refractivity contribution in [3.63, 3.8) is 0 Å². The lowest BCUT2D eigenvalue weighted by Crippen LogP contribution is -2.26. The molecule has 0 aliphatic carbocycles. The van der Waals surface area contributed by atoms with Crippen LogP contribution in [0, 0.1) is 0 Å². The summed E-state index contributed by atoms with van der Waals surface area (Å²) in [6.45, 7) is 0.433. The van der Waals surface area contributed by atoms with E-state index < -0.39 is 28.9 Å². The summed E-state index contributed by atoms with van der Waals surface area (Å²) in [7, 11) is 0. The SMILES string of the molecule is CC(F)(F)/C(=N\O)c1cccc(C(F)(F)F)c1. The van der Waals surface area contributed by atoms with E-state index in [4.69, 9.17) is 5.21 Å². The van der Waals surface area contributed by atoms with Crippen molar-refractivity contribution in [3.05, 3.63) is 35.4 Å². The van der Waals surface area contributed by atoms with Crippen molar-refractivity contribution in [1.82, 2.24) is 0 Å². The van der Waals surface area contributed by atoms with Crippen LogP contribution in [-0.4, -0.2) is 16.8 Å². The fourth-order valence-electron chi connectivity index (χ4n) is 1.24. The number of hydrogen-bond donors (Lipinski definition) is 1. The third-order valence-corrected chi connectivity index (χ3v) is 1.98. The molecule has 94 valence electrons. The predicted molar refractivity (Wildman–Crippen MR) is 50.4 cm³/mol. The second kappa shape index (κ2) is 4.31. The van der Waals surface area contributed by atoms with E-state index in [0.717, 1.165) is 18.2 Å². The Morgan fingerprint density at radius 3 is 2.18 bits per heavy atom. The van der Waals surface area contributed by atoms with Gasteiger partial charge in [0.2, 0.25) is 0 Å². The molecule has 0 radical (unpaired) electrons. The quantitative estimate of drug-likeness (QED) is 0.372. The van der Waals surface area contributed by atoms with E-state index in [0.29, 0.717) is 13.0 Å². The van der Waals surface area contributed by atoms with Crippen molar-refractivity contribution in [2.75, 3.05) is 0 Å². The second-order valence-corrected chi connectivity index (χ2v) is 3.42. The van der Waals surface area contributed by atoms with Gasteiger partial charge < -0.3 is 5.21 Å². The summed E-state index contributed by atoms with van der Waals surface area (Å²) >= 11 is 0. The standard InChI is InChI=1S/C10H8F5NO/c1-9(11,12)8(16-17)6-3-2-4-7(5-6)10(13,14)15/h2-5,17H,1H3/b16-8-. The number of benzene rings is 1. The van der Waals surface area contributed by atoms with Gasteiger partial charge in [0.25, 0.3) is 5.92 Å². The van der Waals surface area contributed by atoms with Crippen LogP contribution >= 0.6 is 0 Å². The molecule has 1 N–H and O–H groups in total. The highest BCUT2D eigenvalue weighted by molar-refractivity contribution is 6.05. The van der Waals surface area contributed by atoms with Gasteiger partial charge in [0.1, 0.15) is 0 Å². The van der Waals surface area contributed by atoms with Crippen LogP contribution in [0.25, 0.3) is 0 Å². The van der Waals surface area contributed by atoms with Gasteiger partial charge in [0.15, 0.2) is 5.71 Å². The van der Waals surface area contributed by atoms with Crippen molar-refractivity contribution in [1.29, 1.82) is 0 Å². The number of oxime groups is 1. The molecule has 1 aromatic carbocycles. The summed E-state index contributed by atoms with van der Waals surface area (Å²) in [6, 6.07) is 3.23. The van der Waals surface area contributed by atoms with E-state index >= 15 is 0 Å². The smallest absolute Gasteiger partial charge is 0.410 e. The summed E-state index contributed by atoms with van der Waals surface area (Å²) in [5.74, 6) is -3.53. The van der Waals surface area contributed by atoms with Crippen LogP contribution in [0.4, 0.5) is 22.0 Å². The van der Waals surface area contributed by atoms with Gasteiger partial charge in [-0.05, 0) is 12.1 Å². The molecule has 0 atom stereocenters. The van der Waals surface area contributed by atoms with Gasteiger partial charge in [-0.15, -0.1) is 0 Å². The Balaban J connectivity index is 3.25. The molecule has 0 amide bonds. The molecule has 0 saturated carbocycles. The van der Waals surface area contributed by atoms with Crippen molar-refractivity contribution < 1.29 is 27.2 Å². The monoisotopic (exact) mass is 253 g/mol. The minimum atomic E-state index is -4.64. The summed E-state index contributed by atoms with van der Waals surface area (Å²) in [4.78, 5) is 0. The number of rotatable bonds is 2. The number of alkyl halides is 5. The lowest BCUT2D eigenvalue weighted by Gasteiger charge is -2.14. The number of hydrogen-bond acceptors (Lipinski definition) is 2. The Morgan fingerprint density at radius 1 is 1.18 bits per heavy atom. The first-order chi connectivity index (χ1) is 7.66. The van der Waals surface area contributed by atoms with Crippen molar-refractivity contribution in [2.45, 2.75) is 19.0 Å². The van der Waals surface area contributed by atoms with Gasteiger partial charge in [-0.2, -0.15) is 22.0 Å². The molecule has 0 unspecified atom stereocenters. The zero-order valence-electron chi connectivity index (χ0n) is 8.59. The Labute approximate surface area is 93.4 Å². The first kappa shape index (κ1) is 13.4. The van der Waals surface area contributed by atoms with E-state index in [2.05, 4.69) is 5.16 Å². The molecule has 1 aromatic rings. The lowest BCUT2D eigenvalue weighted by molar-refractivity contribution is -0.137. The molecule has 0 bridgehead atoms. The molecule has 0 saturated heterocycles. The molecule has 0 spiro atoms. The third-order valence-electron chi connectivity index (χ3n) is 1.98. The van der Waals surface area contributed by atoms with Gasteiger partial charge >= 0.3 is 6.18 Å². The molecular formula is C10H8F5NO. The van der Waals surface area contributed by atoms with Crippen LogP contribution in [0.5, 0.6) is 0 Å². The van der Waals surface area contributed by atoms with Gasteiger partial charge in [-0.3, -0.25) is 0 Å². The lowest BCUT2D eigenvalue weighted by atomic mass is 10.0. The van der Waals surface area contributed by atoms with Crippen LogP contribution in [0.3, 0.4) is 0 Å². The zero-order chi connectivity index (χ0) is 13.3. The number of halogens is 5. The second-order valence-electron chi connectivity index (χ2n) is 3.42. The molecule has 0 aliphatic rings. The highest BCUT2D eigenvalue weighted by atomic mass is 19.4. The highest BCUT2D eigenvalue weighted by Crippen LogP contribution is 2.31. The van der Waals surface area contributed by atoms with E-state index in [1.165, 1.54) is 0 Å². The van der Waals surface area contributed by atoms with Gasteiger partial charge in [0, 0.05) is 12.5 Å². The maximum atomic E-state index is 12.9. The summed E-state index contributed by atoms with van der Waals surface area (Å²) in [5.41, 5.74) is -2.67. The van der Waals surface area contributed by atoms with Crippen LogP contribution in [-0.2, 0) is 6.18 Å². The molecule has 2 nitrogen and oxygen atoms in total. The Hall–Kier alpha value is -1.66. The molecule has 17 heavy (non-hydrogen) atoms. The van der Waals surface area contributed by atoms with Crippen molar-refractivity contribution in [3.8, 4) is 0 Å². The fraction of sp³-hybridized carbons (Fsp3) is 0.300. The van der Waals surface area contributed by atoms with E-state index in [1.54, 1.807) is 0 Å². The van der Waals surface area contributed by atoms with E-state index in [9.17, 15) is 22.0 Å². The molecule has 7 heteroatoms. The van der Waals surface area contributed by atoms with Crippen molar-refractivity contribution >= 4 is 5.71 Å². The normalized spacial score (nSPS) is 13.9. The topological polar surface area (TPSA) is 32.6 Å². The Morgan fingerprint density at radius 2 is 1.76 bits per heavy atom. The minimum Gasteiger partial charge on any atom is -0.410 e. The summed E-state index contributed by atoms with van der Waals surface area (Å²) < 4.78 is 62.9. The highest BCUT2D eigenvalue weighted by Gasteiger charge is 2.35. The number of nitrogens with zero attached hydrogens (tertiary/aromatic N) is 1. The summed E-state index contributed by atoms with van der Waals surface area (Å²) in [5, 5.41) is 10.8. The van der Waals surface area contributed by atoms with Crippen LogP contribution in [0.15, 0.2) is 29.4 Å². The predicted octanol–water partition coefficient (Wildman–Crippen LogP) is 3.54. The fourth-order valence-corrected chi connectivity index (χ4v) is 1.24. The Kier molecular flexibility index (Phi) is 3.40. The van der Waals surface area contributed by atoms with Gasteiger partial charge in [-0.25, -0.2) is 0 Å². The maximum absolute atomic E-state index is 12.9. The first-order valence-corrected chi connectivity index (χ1v) is 4.44. The first-order valence-electron chi connectivity index (χ1n) is 4.44. The molecule has 0 fully saturated rings. The largest absolute Gasteiger partial charge is 0.416 e. The third kappa shape index (κ3) is 3.15. The summed E-state index contributed by atoms with van der Waals surface area (Å²) in [6.07, 6.45) is -4.64. The van der Waals surface area contributed by atoms with E-state index in [1.807, 2.05) is 0 Å². The van der Waals surface area contributed by atoms with Crippen LogP contribution in [0.1, 0.15) is 18.1 Å². The molecular weight excluding hydrogens is 245 g/mol. The molecule has 0 aliphatic heterocycles. The molecule has 1 rings (SSSR count). The average Bonchev–Trinajstić information content (AvgIpc) is 2.15. The van der Waals surface area contributed by atoms with Gasteiger partial charge in [0.05, 0.1) is 5.56 Å². The van der Waals surface area contributed by atoms with Crippen LogP contribution in [0.2, 0.25) is 0 Å². The Bertz CT molecular complexity index is 433. The zero-order valence-corrected chi connectivity index (χ0v) is 8.59. The average molecular weight is 253 g/mol. The van der Waals surface area contributed by atoms with Crippen molar-refractivity contribution in [2.24, 2.45) is 5.16 Å². The van der Waals surface area contributed by atoms with Crippen LogP contribution < -0.4 is 0 Å². The molecule has 0 heterocycles.